The van der Waals surface area contributed by atoms with E-state index in [9.17, 15) is 0 Å². The lowest BCUT2D eigenvalue weighted by atomic mass is 9.95. The molecule has 0 aliphatic carbocycles. The second-order valence-corrected chi connectivity index (χ2v) is 4.67. The van der Waals surface area contributed by atoms with E-state index >= 15 is 0 Å². The smallest absolute Gasteiger partial charge is 0.142 e. The molecule has 15 heavy (non-hydrogen) atoms. The molecule has 3 nitrogen and oxygen atoms in total. The van der Waals surface area contributed by atoms with Crippen LogP contribution in [-0.2, 0) is 0 Å². The van der Waals surface area contributed by atoms with Crippen molar-refractivity contribution in [2.75, 3.05) is 25.6 Å². The molecule has 1 aromatic rings. The van der Waals surface area contributed by atoms with Crippen LogP contribution in [0.1, 0.15) is 13.8 Å². The van der Waals surface area contributed by atoms with Gasteiger partial charge in [-0.05, 0) is 12.1 Å². The van der Waals surface area contributed by atoms with Gasteiger partial charge in [0.1, 0.15) is 11.5 Å². The van der Waals surface area contributed by atoms with Gasteiger partial charge in [0.25, 0.3) is 0 Å². The maximum Gasteiger partial charge on any atom is 0.142 e. The van der Waals surface area contributed by atoms with Crippen molar-refractivity contribution in [1.29, 1.82) is 0 Å². The van der Waals surface area contributed by atoms with Crippen LogP contribution in [0.2, 0.25) is 0 Å². The lowest BCUT2D eigenvalue weighted by Crippen LogP contribution is -2.27. The topological polar surface area (TPSA) is 30.5 Å². The van der Waals surface area contributed by atoms with Crippen molar-refractivity contribution >= 4 is 5.69 Å². The van der Waals surface area contributed by atoms with Crippen molar-refractivity contribution in [2.45, 2.75) is 13.8 Å². The first-order valence-corrected chi connectivity index (χ1v) is 5.15. The highest BCUT2D eigenvalue weighted by Gasteiger charge is 2.23. The van der Waals surface area contributed by atoms with Gasteiger partial charge in [-0.25, -0.2) is 0 Å². The summed E-state index contributed by atoms with van der Waals surface area (Å²) in [6.45, 7) is 6.01. The maximum atomic E-state index is 5.75. The third kappa shape index (κ3) is 2.17. The van der Waals surface area contributed by atoms with Crippen molar-refractivity contribution in [3.05, 3.63) is 18.2 Å². The van der Waals surface area contributed by atoms with Gasteiger partial charge < -0.3 is 14.8 Å². The largest absolute Gasteiger partial charge is 0.497 e. The van der Waals surface area contributed by atoms with Crippen LogP contribution in [0, 0.1) is 5.41 Å². The van der Waals surface area contributed by atoms with E-state index in [1.54, 1.807) is 7.11 Å². The molecule has 0 aromatic heterocycles. The standard InChI is InChI=1S/C12H17NO2/c1-12(2)7-13-10-6-9(14-3)4-5-11(10)15-8-12/h4-6,13H,7-8H2,1-3H3. The Labute approximate surface area is 90.4 Å². The zero-order chi connectivity index (χ0) is 10.9. The molecule has 1 N–H and O–H groups in total. The second kappa shape index (κ2) is 3.65. The first kappa shape index (κ1) is 10.1. The van der Waals surface area contributed by atoms with Gasteiger partial charge in [-0.15, -0.1) is 0 Å². The minimum absolute atomic E-state index is 0.159. The van der Waals surface area contributed by atoms with Crippen molar-refractivity contribution in [3.8, 4) is 11.5 Å². The predicted octanol–water partition coefficient (Wildman–Crippen LogP) is 2.53. The summed E-state index contributed by atoms with van der Waals surface area (Å²) in [4.78, 5) is 0. The number of anilines is 1. The molecule has 3 heteroatoms. The third-order valence-corrected chi connectivity index (χ3v) is 2.56. The maximum absolute atomic E-state index is 5.75. The molecule has 0 amide bonds. The van der Waals surface area contributed by atoms with Crippen LogP contribution in [0.4, 0.5) is 5.69 Å². The molecule has 0 saturated carbocycles. The Hall–Kier alpha value is -1.38. The summed E-state index contributed by atoms with van der Waals surface area (Å²) in [6.07, 6.45) is 0. The van der Waals surface area contributed by atoms with Crippen LogP contribution in [0.15, 0.2) is 18.2 Å². The number of methoxy groups -OCH3 is 1. The molecule has 1 aliphatic rings. The summed E-state index contributed by atoms with van der Waals surface area (Å²) in [5, 5.41) is 3.39. The monoisotopic (exact) mass is 207 g/mol. The van der Waals surface area contributed by atoms with Crippen LogP contribution < -0.4 is 14.8 Å². The zero-order valence-electron chi connectivity index (χ0n) is 9.46. The molecule has 0 atom stereocenters. The van der Waals surface area contributed by atoms with Crippen molar-refractivity contribution < 1.29 is 9.47 Å². The average molecular weight is 207 g/mol. The number of hydrogen-bond acceptors (Lipinski definition) is 3. The minimum Gasteiger partial charge on any atom is -0.497 e. The Balaban J connectivity index is 2.27. The summed E-state index contributed by atoms with van der Waals surface area (Å²) in [7, 11) is 1.67. The number of rotatable bonds is 1. The Morgan fingerprint density at radius 2 is 2.20 bits per heavy atom. The molecule has 1 aliphatic heterocycles. The van der Waals surface area contributed by atoms with Gasteiger partial charge in [-0.1, -0.05) is 13.8 Å². The van der Waals surface area contributed by atoms with Crippen LogP contribution in [-0.4, -0.2) is 20.3 Å². The zero-order valence-corrected chi connectivity index (χ0v) is 9.46. The van der Waals surface area contributed by atoms with Gasteiger partial charge >= 0.3 is 0 Å². The SMILES string of the molecule is COc1ccc2c(c1)NCC(C)(C)CO2. The molecular formula is C12H17NO2. The van der Waals surface area contributed by atoms with Crippen molar-refractivity contribution in [2.24, 2.45) is 5.41 Å². The first-order valence-electron chi connectivity index (χ1n) is 5.15. The summed E-state index contributed by atoms with van der Waals surface area (Å²) in [5.74, 6) is 1.76. The van der Waals surface area contributed by atoms with E-state index in [1.807, 2.05) is 18.2 Å². The quantitative estimate of drug-likeness (QED) is 0.767. The molecule has 1 aromatic carbocycles. The Morgan fingerprint density at radius 3 is 2.93 bits per heavy atom. The molecule has 0 fully saturated rings. The molecule has 1 heterocycles. The lowest BCUT2D eigenvalue weighted by Gasteiger charge is -2.20. The van der Waals surface area contributed by atoms with E-state index in [4.69, 9.17) is 9.47 Å². The van der Waals surface area contributed by atoms with E-state index in [-0.39, 0.29) is 5.41 Å². The van der Waals surface area contributed by atoms with Crippen LogP contribution in [0.3, 0.4) is 0 Å². The normalized spacial score (nSPS) is 18.1. The molecule has 0 saturated heterocycles. The molecule has 2 rings (SSSR count). The van der Waals surface area contributed by atoms with Crippen molar-refractivity contribution in [1.82, 2.24) is 0 Å². The fraction of sp³-hybridized carbons (Fsp3) is 0.500. The summed E-state index contributed by atoms with van der Waals surface area (Å²) < 4.78 is 10.9. The summed E-state index contributed by atoms with van der Waals surface area (Å²) >= 11 is 0. The van der Waals surface area contributed by atoms with Gasteiger partial charge in [0.2, 0.25) is 0 Å². The highest BCUT2D eigenvalue weighted by molar-refractivity contribution is 5.60. The van der Waals surface area contributed by atoms with Gasteiger partial charge in [0.05, 0.1) is 19.4 Å². The fourth-order valence-electron chi connectivity index (χ4n) is 1.56. The highest BCUT2D eigenvalue weighted by Crippen LogP contribution is 2.33. The second-order valence-electron chi connectivity index (χ2n) is 4.67. The molecular weight excluding hydrogens is 190 g/mol. The Morgan fingerprint density at radius 1 is 1.40 bits per heavy atom. The number of fused-ring (bicyclic) bond motifs is 1. The number of ether oxygens (including phenoxy) is 2. The van der Waals surface area contributed by atoms with Crippen LogP contribution in [0.5, 0.6) is 11.5 Å². The first-order chi connectivity index (χ1) is 7.11. The Bertz CT molecular complexity index is 361. The van der Waals surface area contributed by atoms with E-state index in [2.05, 4.69) is 19.2 Å². The van der Waals surface area contributed by atoms with Crippen LogP contribution >= 0.6 is 0 Å². The van der Waals surface area contributed by atoms with Gasteiger partial charge in [-0.3, -0.25) is 0 Å². The molecule has 0 bridgehead atoms. The summed E-state index contributed by atoms with van der Waals surface area (Å²) in [5.41, 5.74) is 1.17. The number of nitrogens with one attached hydrogen (secondary N) is 1. The lowest BCUT2D eigenvalue weighted by molar-refractivity contribution is 0.200. The molecule has 82 valence electrons. The van der Waals surface area contributed by atoms with E-state index in [1.165, 1.54) is 0 Å². The average Bonchev–Trinajstić information content (AvgIpc) is 2.38. The highest BCUT2D eigenvalue weighted by atomic mass is 16.5. The van der Waals surface area contributed by atoms with Gasteiger partial charge in [-0.2, -0.15) is 0 Å². The van der Waals surface area contributed by atoms with Gasteiger partial charge in [0, 0.05) is 18.0 Å². The van der Waals surface area contributed by atoms with E-state index in [0.29, 0.717) is 0 Å². The van der Waals surface area contributed by atoms with E-state index in [0.717, 1.165) is 30.3 Å². The molecule has 0 radical (unpaired) electrons. The number of benzene rings is 1. The third-order valence-electron chi connectivity index (χ3n) is 2.56. The molecule has 0 spiro atoms. The predicted molar refractivity (Wildman–Crippen MR) is 60.8 cm³/mol. The summed E-state index contributed by atoms with van der Waals surface area (Å²) in [6, 6.07) is 5.83. The van der Waals surface area contributed by atoms with Crippen LogP contribution in [0.25, 0.3) is 0 Å². The Kier molecular flexibility index (Phi) is 2.47. The number of hydrogen-bond donors (Lipinski definition) is 1. The van der Waals surface area contributed by atoms with Crippen molar-refractivity contribution in [3.63, 3.8) is 0 Å². The molecule has 0 unspecified atom stereocenters. The van der Waals surface area contributed by atoms with Gasteiger partial charge in [0.15, 0.2) is 0 Å². The fourth-order valence-corrected chi connectivity index (χ4v) is 1.56. The van der Waals surface area contributed by atoms with E-state index < -0.39 is 0 Å². The minimum atomic E-state index is 0.159.